The molecule has 1 aliphatic heterocycles. The number of nitrogens with two attached hydrogens (primary N) is 1. The van der Waals surface area contributed by atoms with Crippen molar-refractivity contribution < 1.29 is 9.90 Å². The Balaban J connectivity index is 2.20. The van der Waals surface area contributed by atoms with Gasteiger partial charge in [0.15, 0.2) is 0 Å². The van der Waals surface area contributed by atoms with Gasteiger partial charge in [-0.15, -0.1) is 0 Å². The van der Waals surface area contributed by atoms with Crippen LogP contribution in [0.4, 0.5) is 5.69 Å². The van der Waals surface area contributed by atoms with Gasteiger partial charge in [0.25, 0.3) is 5.91 Å². The van der Waals surface area contributed by atoms with Gasteiger partial charge in [0.1, 0.15) is 11.2 Å². The van der Waals surface area contributed by atoms with Crippen molar-refractivity contribution >= 4 is 23.4 Å². The SMILES string of the molecule is Cc1ccc(O)c(C)c1NC(=O)C1=CNC(N)S1. The lowest BCUT2D eigenvalue weighted by Crippen LogP contribution is -2.25. The number of aromatic hydroxyl groups is 1. The Morgan fingerprint density at radius 1 is 1.50 bits per heavy atom. The summed E-state index contributed by atoms with van der Waals surface area (Å²) >= 11 is 1.26. The number of phenols is 1. The first-order valence-electron chi connectivity index (χ1n) is 5.48. The van der Waals surface area contributed by atoms with Crippen molar-refractivity contribution in [2.24, 2.45) is 5.73 Å². The summed E-state index contributed by atoms with van der Waals surface area (Å²) in [5.41, 5.74) is 7.54. The quantitative estimate of drug-likeness (QED) is 0.648. The van der Waals surface area contributed by atoms with Gasteiger partial charge in [-0.2, -0.15) is 0 Å². The molecule has 1 amide bonds. The van der Waals surface area contributed by atoms with E-state index in [4.69, 9.17) is 5.73 Å². The lowest BCUT2D eigenvalue weighted by atomic mass is 10.1. The van der Waals surface area contributed by atoms with E-state index < -0.39 is 0 Å². The Labute approximate surface area is 109 Å². The Hall–Kier alpha value is -1.66. The highest BCUT2D eigenvalue weighted by Gasteiger charge is 2.20. The predicted molar refractivity (Wildman–Crippen MR) is 73.0 cm³/mol. The number of nitrogens with one attached hydrogen (secondary N) is 2. The summed E-state index contributed by atoms with van der Waals surface area (Å²) in [6, 6.07) is 3.37. The number of rotatable bonds is 2. The fourth-order valence-electron chi connectivity index (χ4n) is 1.69. The minimum atomic E-state index is -0.280. The molecule has 1 heterocycles. The highest BCUT2D eigenvalue weighted by atomic mass is 32.2. The number of carbonyl (C=O) groups is 1. The number of hydrogen-bond donors (Lipinski definition) is 4. The third kappa shape index (κ3) is 2.44. The van der Waals surface area contributed by atoms with Crippen molar-refractivity contribution in [1.82, 2.24) is 5.32 Å². The number of anilines is 1. The maximum Gasteiger partial charge on any atom is 0.263 e. The number of aryl methyl sites for hydroxylation is 1. The summed E-state index contributed by atoms with van der Waals surface area (Å²) in [5, 5.41) is 15.3. The van der Waals surface area contributed by atoms with E-state index in [2.05, 4.69) is 10.6 Å². The lowest BCUT2D eigenvalue weighted by molar-refractivity contribution is -0.112. The topological polar surface area (TPSA) is 87.4 Å². The van der Waals surface area contributed by atoms with Crippen LogP contribution in [0.2, 0.25) is 0 Å². The van der Waals surface area contributed by atoms with E-state index in [1.54, 1.807) is 25.3 Å². The van der Waals surface area contributed by atoms with Crippen molar-refractivity contribution in [1.29, 1.82) is 0 Å². The van der Waals surface area contributed by atoms with Crippen LogP contribution in [0, 0.1) is 13.8 Å². The van der Waals surface area contributed by atoms with E-state index in [0.717, 1.165) is 5.56 Å². The Kier molecular flexibility index (Phi) is 3.49. The van der Waals surface area contributed by atoms with Gasteiger partial charge in [-0.3, -0.25) is 4.79 Å². The molecule has 0 spiro atoms. The van der Waals surface area contributed by atoms with Gasteiger partial charge in [-0.25, -0.2) is 0 Å². The number of amides is 1. The standard InChI is InChI=1S/C12H15N3O2S/c1-6-3-4-8(16)7(2)10(6)15-11(17)9-5-14-12(13)18-9/h3-5,12,14,16H,13H2,1-2H3,(H,15,17). The van der Waals surface area contributed by atoms with Crippen LogP contribution in [-0.4, -0.2) is 16.5 Å². The normalized spacial score (nSPS) is 18.2. The second-order valence-corrected chi connectivity index (χ2v) is 5.25. The van der Waals surface area contributed by atoms with E-state index in [-0.39, 0.29) is 17.2 Å². The molecule has 0 saturated heterocycles. The van der Waals surface area contributed by atoms with Gasteiger partial charge in [-0.05, 0) is 25.5 Å². The number of carbonyl (C=O) groups excluding carboxylic acids is 1. The fraction of sp³-hybridized carbons (Fsp3) is 0.250. The first kappa shape index (κ1) is 12.8. The molecule has 5 nitrogen and oxygen atoms in total. The van der Waals surface area contributed by atoms with Crippen LogP contribution in [0.15, 0.2) is 23.2 Å². The molecule has 1 atom stereocenters. The fourth-order valence-corrected chi connectivity index (χ4v) is 2.39. The molecule has 1 aromatic rings. The molecule has 0 aromatic heterocycles. The molecule has 0 fully saturated rings. The molecule has 0 bridgehead atoms. The van der Waals surface area contributed by atoms with Crippen LogP contribution in [0.25, 0.3) is 0 Å². The minimum Gasteiger partial charge on any atom is -0.508 e. The van der Waals surface area contributed by atoms with E-state index in [1.165, 1.54) is 11.8 Å². The zero-order chi connectivity index (χ0) is 13.3. The number of thioether (sulfide) groups is 1. The second kappa shape index (κ2) is 4.91. The third-order valence-electron chi connectivity index (χ3n) is 2.74. The van der Waals surface area contributed by atoms with Crippen molar-refractivity contribution in [3.05, 3.63) is 34.4 Å². The monoisotopic (exact) mass is 265 g/mol. The Bertz CT molecular complexity index is 528. The zero-order valence-electron chi connectivity index (χ0n) is 10.2. The van der Waals surface area contributed by atoms with Crippen LogP contribution >= 0.6 is 11.8 Å². The molecule has 0 radical (unpaired) electrons. The summed E-state index contributed by atoms with van der Waals surface area (Å²) in [5.74, 6) is -0.0592. The maximum atomic E-state index is 12.0. The lowest BCUT2D eigenvalue weighted by Gasteiger charge is -2.12. The third-order valence-corrected chi connectivity index (χ3v) is 3.69. The summed E-state index contributed by atoms with van der Waals surface area (Å²) in [4.78, 5) is 12.5. The summed E-state index contributed by atoms with van der Waals surface area (Å²) < 4.78 is 0. The summed E-state index contributed by atoms with van der Waals surface area (Å²) in [6.07, 6.45) is 1.60. The summed E-state index contributed by atoms with van der Waals surface area (Å²) in [7, 11) is 0. The van der Waals surface area contributed by atoms with Crippen LogP contribution in [0.1, 0.15) is 11.1 Å². The zero-order valence-corrected chi connectivity index (χ0v) is 11.0. The molecule has 2 rings (SSSR count). The molecule has 0 aliphatic carbocycles. The van der Waals surface area contributed by atoms with Gasteiger partial charge >= 0.3 is 0 Å². The van der Waals surface area contributed by atoms with E-state index in [1.807, 2.05) is 6.92 Å². The van der Waals surface area contributed by atoms with Gasteiger partial charge in [0, 0.05) is 11.8 Å². The van der Waals surface area contributed by atoms with Crippen molar-refractivity contribution in [2.75, 3.05) is 5.32 Å². The molecule has 6 heteroatoms. The number of hydrogen-bond acceptors (Lipinski definition) is 5. The van der Waals surface area contributed by atoms with Gasteiger partial charge in [-0.1, -0.05) is 17.8 Å². The van der Waals surface area contributed by atoms with E-state index in [0.29, 0.717) is 16.2 Å². The van der Waals surface area contributed by atoms with Gasteiger partial charge in [0.2, 0.25) is 0 Å². The van der Waals surface area contributed by atoms with Crippen LogP contribution in [0.5, 0.6) is 5.75 Å². The smallest absolute Gasteiger partial charge is 0.263 e. The molecule has 5 N–H and O–H groups in total. The minimum absolute atomic E-state index is 0.166. The number of phenolic OH excluding ortho intramolecular Hbond substituents is 1. The molecule has 1 aliphatic rings. The molecule has 1 unspecified atom stereocenters. The van der Waals surface area contributed by atoms with Crippen LogP contribution < -0.4 is 16.4 Å². The number of benzene rings is 1. The van der Waals surface area contributed by atoms with Crippen LogP contribution in [0.3, 0.4) is 0 Å². The first-order valence-corrected chi connectivity index (χ1v) is 6.36. The highest BCUT2D eigenvalue weighted by Crippen LogP contribution is 2.30. The van der Waals surface area contributed by atoms with E-state index in [9.17, 15) is 9.90 Å². The highest BCUT2D eigenvalue weighted by molar-refractivity contribution is 8.04. The Morgan fingerprint density at radius 2 is 2.22 bits per heavy atom. The maximum absolute atomic E-state index is 12.0. The molecular weight excluding hydrogens is 250 g/mol. The first-order chi connectivity index (χ1) is 8.49. The molecule has 0 saturated carbocycles. The molecule has 96 valence electrons. The average Bonchev–Trinajstić information content (AvgIpc) is 2.76. The predicted octanol–water partition coefficient (Wildman–Crippen LogP) is 1.37. The van der Waals surface area contributed by atoms with Crippen molar-refractivity contribution in [3.8, 4) is 5.75 Å². The molecule has 1 aromatic carbocycles. The average molecular weight is 265 g/mol. The Morgan fingerprint density at radius 3 is 2.83 bits per heavy atom. The van der Waals surface area contributed by atoms with Crippen molar-refractivity contribution in [2.45, 2.75) is 19.3 Å². The second-order valence-electron chi connectivity index (χ2n) is 4.07. The molecular formula is C12H15N3O2S. The van der Waals surface area contributed by atoms with E-state index >= 15 is 0 Å². The molecule has 18 heavy (non-hydrogen) atoms. The van der Waals surface area contributed by atoms with Gasteiger partial charge in [0.05, 0.1) is 10.6 Å². The largest absolute Gasteiger partial charge is 0.508 e. The van der Waals surface area contributed by atoms with Crippen LogP contribution in [-0.2, 0) is 4.79 Å². The summed E-state index contributed by atoms with van der Waals surface area (Å²) in [6.45, 7) is 3.64. The van der Waals surface area contributed by atoms with Gasteiger partial charge < -0.3 is 21.5 Å². The van der Waals surface area contributed by atoms with Crippen molar-refractivity contribution in [3.63, 3.8) is 0 Å².